The number of hydrogen-bond donors (Lipinski definition) is 0. The van der Waals surface area contributed by atoms with Crippen LogP contribution in [0.2, 0.25) is 0 Å². The molecule has 0 radical (unpaired) electrons. The molecule has 0 aliphatic carbocycles. The van der Waals surface area contributed by atoms with Crippen molar-refractivity contribution >= 4 is 70.1 Å². The average Bonchev–Trinajstić information content (AvgIpc) is 3.40. The maximum absolute atomic E-state index is 2.39. The van der Waals surface area contributed by atoms with Gasteiger partial charge in [-0.15, -0.1) is 11.3 Å². The largest absolute Gasteiger partial charge is 0.310 e. The lowest BCUT2D eigenvalue weighted by Crippen LogP contribution is -2.09. The van der Waals surface area contributed by atoms with Crippen LogP contribution in [-0.2, 0) is 0 Å². The molecule has 0 saturated heterocycles. The molecule has 0 aliphatic heterocycles. The van der Waals surface area contributed by atoms with Crippen LogP contribution in [0.1, 0.15) is 0 Å². The fourth-order valence-electron chi connectivity index (χ4n) is 5.86. The molecule has 0 spiro atoms. The van der Waals surface area contributed by atoms with Crippen molar-refractivity contribution < 1.29 is 0 Å². The summed E-state index contributed by atoms with van der Waals surface area (Å²) in [6.45, 7) is 0. The van der Waals surface area contributed by atoms with E-state index in [0.29, 0.717) is 0 Å². The van der Waals surface area contributed by atoms with Crippen molar-refractivity contribution in [1.29, 1.82) is 0 Å². The third kappa shape index (κ3) is 3.85. The van der Waals surface area contributed by atoms with Crippen LogP contribution in [0.3, 0.4) is 0 Å². The van der Waals surface area contributed by atoms with Crippen molar-refractivity contribution in [2.75, 3.05) is 4.90 Å². The first-order chi connectivity index (χ1) is 19.8. The maximum Gasteiger partial charge on any atom is 0.0476 e. The van der Waals surface area contributed by atoms with Crippen LogP contribution in [0.4, 0.5) is 17.1 Å². The van der Waals surface area contributed by atoms with Crippen LogP contribution in [0.25, 0.3) is 52.8 Å². The number of thiophene rings is 1. The van der Waals surface area contributed by atoms with E-state index in [1.807, 2.05) is 11.3 Å². The lowest BCUT2D eigenvalue weighted by atomic mass is 10.0. The minimum Gasteiger partial charge on any atom is -0.310 e. The summed E-state index contributed by atoms with van der Waals surface area (Å²) in [5.41, 5.74) is 5.89. The SMILES string of the molecule is c1ccc(-c2ccc(N(c3ccc4c(c3)sc3ccccc34)c3ccc4ccc5ccccc5c4c3)cc2)cc1. The Labute approximate surface area is 237 Å². The monoisotopic (exact) mass is 527 g/mol. The van der Waals surface area contributed by atoms with Gasteiger partial charge in [-0.3, -0.25) is 0 Å². The summed E-state index contributed by atoms with van der Waals surface area (Å²) in [6, 6.07) is 55.0. The first kappa shape index (κ1) is 23.0. The van der Waals surface area contributed by atoms with Gasteiger partial charge in [0.15, 0.2) is 0 Å². The lowest BCUT2D eigenvalue weighted by Gasteiger charge is -2.26. The standard InChI is InChI=1S/C38H25NS/c1-2-8-26(9-3-1)27-16-19-30(20-17-27)39(32-22-23-35-34-12-6-7-13-37(34)40-38(35)25-32)31-21-18-29-15-14-28-10-4-5-11-33(28)36(29)24-31/h1-25H. The van der Waals surface area contributed by atoms with Crippen LogP contribution < -0.4 is 4.90 Å². The van der Waals surface area contributed by atoms with Crippen molar-refractivity contribution in [2.45, 2.75) is 0 Å². The van der Waals surface area contributed by atoms with Gasteiger partial charge in [-0.05, 0) is 75.1 Å². The van der Waals surface area contributed by atoms with E-state index < -0.39 is 0 Å². The molecule has 2 heteroatoms. The highest BCUT2D eigenvalue weighted by atomic mass is 32.1. The molecule has 0 N–H and O–H groups in total. The van der Waals surface area contributed by atoms with Gasteiger partial charge in [-0.25, -0.2) is 0 Å². The van der Waals surface area contributed by atoms with Crippen molar-refractivity contribution in [2.24, 2.45) is 0 Å². The van der Waals surface area contributed by atoms with Crippen molar-refractivity contribution in [3.8, 4) is 11.1 Å². The van der Waals surface area contributed by atoms with Crippen molar-refractivity contribution in [1.82, 2.24) is 0 Å². The molecule has 7 aromatic carbocycles. The molecule has 0 unspecified atom stereocenters. The Morgan fingerprint density at radius 2 is 0.925 bits per heavy atom. The Bertz CT molecular complexity index is 2160. The Hall–Kier alpha value is -4.92. The third-order valence-electron chi connectivity index (χ3n) is 7.84. The van der Waals surface area contributed by atoms with Gasteiger partial charge in [0.25, 0.3) is 0 Å². The van der Waals surface area contributed by atoms with Gasteiger partial charge in [0.2, 0.25) is 0 Å². The van der Waals surface area contributed by atoms with E-state index in [1.165, 1.54) is 52.8 Å². The molecule has 40 heavy (non-hydrogen) atoms. The molecule has 1 nitrogen and oxygen atoms in total. The second-order valence-corrected chi connectivity index (χ2v) is 11.3. The summed E-state index contributed by atoms with van der Waals surface area (Å²) in [6.07, 6.45) is 0. The first-order valence-electron chi connectivity index (χ1n) is 13.6. The van der Waals surface area contributed by atoms with E-state index in [0.717, 1.165) is 17.1 Å². The maximum atomic E-state index is 2.39. The molecule has 0 saturated carbocycles. The fourth-order valence-corrected chi connectivity index (χ4v) is 7.00. The highest BCUT2D eigenvalue weighted by Crippen LogP contribution is 2.42. The first-order valence-corrected chi connectivity index (χ1v) is 14.4. The number of fused-ring (bicyclic) bond motifs is 6. The molecule has 0 fully saturated rings. The fraction of sp³-hybridized carbons (Fsp3) is 0. The topological polar surface area (TPSA) is 3.24 Å². The lowest BCUT2D eigenvalue weighted by molar-refractivity contribution is 1.30. The molecule has 1 aromatic heterocycles. The molecule has 0 atom stereocenters. The Balaban J connectivity index is 1.33. The van der Waals surface area contributed by atoms with Gasteiger partial charge in [0.1, 0.15) is 0 Å². The van der Waals surface area contributed by atoms with Gasteiger partial charge in [0.05, 0.1) is 0 Å². The van der Waals surface area contributed by atoms with Crippen molar-refractivity contribution in [3.05, 3.63) is 152 Å². The Morgan fingerprint density at radius 3 is 1.77 bits per heavy atom. The van der Waals surface area contributed by atoms with Crippen LogP contribution >= 0.6 is 11.3 Å². The van der Waals surface area contributed by atoms with E-state index in [1.54, 1.807) is 0 Å². The molecular formula is C38H25NS. The zero-order valence-electron chi connectivity index (χ0n) is 21.8. The van der Waals surface area contributed by atoms with Gasteiger partial charge in [-0.1, -0.05) is 109 Å². The molecular weight excluding hydrogens is 502 g/mol. The van der Waals surface area contributed by atoms with Gasteiger partial charge >= 0.3 is 0 Å². The predicted octanol–water partition coefficient (Wildman–Crippen LogP) is 11.5. The van der Waals surface area contributed by atoms with Crippen LogP contribution in [0, 0.1) is 0 Å². The average molecular weight is 528 g/mol. The summed E-state index contributed by atoms with van der Waals surface area (Å²) < 4.78 is 2.63. The summed E-state index contributed by atoms with van der Waals surface area (Å²) in [5, 5.41) is 7.70. The van der Waals surface area contributed by atoms with Crippen LogP contribution in [-0.4, -0.2) is 0 Å². The zero-order valence-corrected chi connectivity index (χ0v) is 22.6. The number of benzene rings is 7. The number of anilines is 3. The van der Waals surface area contributed by atoms with E-state index in [2.05, 4.69) is 157 Å². The number of rotatable bonds is 4. The highest BCUT2D eigenvalue weighted by molar-refractivity contribution is 7.25. The quantitative estimate of drug-likeness (QED) is 0.206. The molecule has 188 valence electrons. The third-order valence-corrected chi connectivity index (χ3v) is 8.98. The molecule has 8 rings (SSSR count). The van der Waals surface area contributed by atoms with Crippen LogP contribution in [0.5, 0.6) is 0 Å². The second-order valence-electron chi connectivity index (χ2n) is 10.2. The Morgan fingerprint density at radius 1 is 0.350 bits per heavy atom. The highest BCUT2D eigenvalue weighted by Gasteiger charge is 2.16. The normalized spacial score (nSPS) is 11.5. The predicted molar refractivity (Wildman–Crippen MR) is 174 cm³/mol. The number of hydrogen-bond acceptors (Lipinski definition) is 2. The van der Waals surface area contributed by atoms with Gasteiger partial charge < -0.3 is 4.90 Å². The molecule has 8 aromatic rings. The summed E-state index contributed by atoms with van der Waals surface area (Å²) >= 11 is 1.86. The molecule has 0 bridgehead atoms. The van der Waals surface area contributed by atoms with E-state index >= 15 is 0 Å². The Kier molecular flexibility index (Phi) is 5.39. The summed E-state index contributed by atoms with van der Waals surface area (Å²) in [5.74, 6) is 0. The minimum atomic E-state index is 1.14. The minimum absolute atomic E-state index is 1.14. The molecule has 0 aliphatic rings. The van der Waals surface area contributed by atoms with Crippen LogP contribution in [0.15, 0.2) is 152 Å². The number of nitrogens with zero attached hydrogens (tertiary/aromatic N) is 1. The van der Waals surface area contributed by atoms with Gasteiger partial charge in [-0.2, -0.15) is 0 Å². The van der Waals surface area contributed by atoms with E-state index in [4.69, 9.17) is 0 Å². The molecule has 1 heterocycles. The smallest absolute Gasteiger partial charge is 0.0476 e. The van der Waals surface area contributed by atoms with E-state index in [-0.39, 0.29) is 0 Å². The van der Waals surface area contributed by atoms with E-state index in [9.17, 15) is 0 Å². The second kappa shape index (κ2) is 9.37. The summed E-state index contributed by atoms with van der Waals surface area (Å²) in [4.78, 5) is 2.39. The summed E-state index contributed by atoms with van der Waals surface area (Å²) in [7, 11) is 0. The van der Waals surface area contributed by atoms with Crippen molar-refractivity contribution in [3.63, 3.8) is 0 Å². The van der Waals surface area contributed by atoms with Gasteiger partial charge in [0, 0.05) is 37.2 Å². The zero-order chi connectivity index (χ0) is 26.5. The molecule has 0 amide bonds.